The fourth-order valence-electron chi connectivity index (χ4n) is 1.29. The van der Waals surface area contributed by atoms with Crippen LogP contribution in [0.15, 0.2) is 18.6 Å². The van der Waals surface area contributed by atoms with Crippen molar-refractivity contribution in [1.29, 1.82) is 0 Å². The van der Waals surface area contributed by atoms with E-state index in [-0.39, 0.29) is 0 Å². The van der Waals surface area contributed by atoms with Crippen molar-refractivity contribution in [1.82, 2.24) is 14.8 Å². The van der Waals surface area contributed by atoms with Gasteiger partial charge in [-0.05, 0) is 6.42 Å². The third-order valence-electron chi connectivity index (χ3n) is 2.10. The van der Waals surface area contributed by atoms with Crippen molar-refractivity contribution in [3.63, 3.8) is 0 Å². The molecule has 0 spiro atoms. The molecule has 0 fully saturated rings. The van der Waals surface area contributed by atoms with Crippen LogP contribution in [0.1, 0.15) is 17.4 Å². The van der Waals surface area contributed by atoms with Crippen LogP contribution in [0.4, 0.5) is 5.13 Å². The van der Waals surface area contributed by atoms with Crippen LogP contribution in [-0.2, 0) is 20.0 Å². The Balaban J connectivity index is 1.93. The van der Waals surface area contributed by atoms with Crippen molar-refractivity contribution in [2.75, 3.05) is 5.32 Å². The summed E-state index contributed by atoms with van der Waals surface area (Å²) >= 11 is 1.71. The average molecular weight is 222 g/mol. The molecule has 2 heterocycles. The molecule has 0 aliphatic rings. The Labute approximate surface area is 93.0 Å². The first kappa shape index (κ1) is 10.2. The van der Waals surface area contributed by atoms with E-state index >= 15 is 0 Å². The summed E-state index contributed by atoms with van der Waals surface area (Å²) in [6.07, 6.45) is 6.84. The molecule has 0 saturated carbocycles. The van der Waals surface area contributed by atoms with E-state index in [1.807, 2.05) is 25.6 Å². The Morgan fingerprint density at radius 2 is 2.33 bits per heavy atom. The highest BCUT2D eigenvalue weighted by atomic mass is 32.1. The zero-order valence-corrected chi connectivity index (χ0v) is 9.71. The van der Waals surface area contributed by atoms with Gasteiger partial charge in [-0.25, -0.2) is 4.98 Å². The summed E-state index contributed by atoms with van der Waals surface area (Å²) in [5, 5.41) is 8.38. The van der Waals surface area contributed by atoms with E-state index in [1.54, 1.807) is 16.0 Å². The number of hydrogen-bond donors (Lipinski definition) is 1. The van der Waals surface area contributed by atoms with Crippen molar-refractivity contribution in [2.45, 2.75) is 19.9 Å². The van der Waals surface area contributed by atoms with Gasteiger partial charge in [0.2, 0.25) is 0 Å². The van der Waals surface area contributed by atoms with Gasteiger partial charge in [-0.3, -0.25) is 4.68 Å². The minimum Gasteiger partial charge on any atom is -0.357 e. The molecule has 0 atom stereocenters. The molecule has 0 bridgehead atoms. The van der Waals surface area contributed by atoms with Crippen LogP contribution < -0.4 is 5.32 Å². The third-order valence-corrected chi connectivity index (χ3v) is 3.20. The molecule has 2 rings (SSSR count). The zero-order valence-electron chi connectivity index (χ0n) is 8.90. The molecular weight excluding hydrogens is 208 g/mol. The number of nitrogens with one attached hydrogen (secondary N) is 1. The summed E-state index contributed by atoms with van der Waals surface area (Å²) in [7, 11) is 1.92. The van der Waals surface area contributed by atoms with Crippen molar-refractivity contribution >= 4 is 16.5 Å². The molecule has 4 nitrogen and oxygen atoms in total. The quantitative estimate of drug-likeness (QED) is 0.861. The molecule has 0 amide bonds. The Hall–Kier alpha value is -1.36. The smallest absolute Gasteiger partial charge is 0.183 e. The number of nitrogens with zero attached hydrogens (tertiary/aromatic N) is 3. The van der Waals surface area contributed by atoms with E-state index in [0.717, 1.165) is 18.1 Å². The van der Waals surface area contributed by atoms with E-state index in [1.165, 1.54) is 10.4 Å². The molecule has 0 radical (unpaired) electrons. The van der Waals surface area contributed by atoms with Crippen molar-refractivity contribution in [3.8, 4) is 0 Å². The summed E-state index contributed by atoms with van der Waals surface area (Å²) in [5.41, 5.74) is 1.17. The van der Waals surface area contributed by atoms with Gasteiger partial charge < -0.3 is 5.32 Å². The van der Waals surface area contributed by atoms with E-state index < -0.39 is 0 Å². The number of thiazole rings is 1. The predicted molar refractivity (Wildman–Crippen MR) is 62.0 cm³/mol. The van der Waals surface area contributed by atoms with E-state index in [4.69, 9.17) is 0 Å². The van der Waals surface area contributed by atoms with Gasteiger partial charge in [0.05, 0.1) is 6.20 Å². The summed E-state index contributed by atoms with van der Waals surface area (Å²) in [5.74, 6) is 0. The molecule has 2 aromatic heterocycles. The van der Waals surface area contributed by atoms with E-state index in [2.05, 4.69) is 22.3 Å². The Morgan fingerprint density at radius 3 is 2.93 bits per heavy atom. The predicted octanol–water partition coefficient (Wildman–Crippen LogP) is 2.05. The maximum atomic E-state index is 4.29. The number of rotatable bonds is 4. The van der Waals surface area contributed by atoms with Crippen molar-refractivity contribution in [2.24, 2.45) is 7.05 Å². The summed E-state index contributed by atoms with van der Waals surface area (Å²) in [6, 6.07) is 0. The molecule has 0 saturated heterocycles. The number of hydrogen-bond acceptors (Lipinski definition) is 4. The first-order valence-corrected chi connectivity index (χ1v) is 5.75. The topological polar surface area (TPSA) is 42.7 Å². The molecule has 5 heteroatoms. The highest BCUT2D eigenvalue weighted by Gasteiger charge is 2.00. The highest BCUT2D eigenvalue weighted by molar-refractivity contribution is 7.15. The van der Waals surface area contributed by atoms with Crippen LogP contribution in [0.5, 0.6) is 0 Å². The molecular formula is C10H14N4S. The van der Waals surface area contributed by atoms with Crippen LogP contribution >= 0.6 is 11.3 Å². The first-order chi connectivity index (χ1) is 7.28. The maximum Gasteiger partial charge on any atom is 0.183 e. The second-order valence-electron chi connectivity index (χ2n) is 3.36. The van der Waals surface area contributed by atoms with E-state index in [9.17, 15) is 0 Å². The Morgan fingerprint density at radius 1 is 1.47 bits per heavy atom. The summed E-state index contributed by atoms with van der Waals surface area (Å²) in [4.78, 5) is 5.60. The maximum absolute atomic E-state index is 4.29. The van der Waals surface area contributed by atoms with E-state index in [0.29, 0.717) is 0 Å². The second kappa shape index (κ2) is 4.44. The molecule has 0 aliphatic heterocycles. The Kier molecular flexibility index (Phi) is 3.01. The van der Waals surface area contributed by atoms with Gasteiger partial charge >= 0.3 is 0 Å². The Bertz CT molecular complexity index is 432. The lowest BCUT2D eigenvalue weighted by atomic mass is 10.4. The molecule has 80 valence electrons. The van der Waals surface area contributed by atoms with Crippen LogP contribution in [0.2, 0.25) is 0 Å². The van der Waals surface area contributed by atoms with Gasteiger partial charge in [0.25, 0.3) is 0 Å². The normalized spacial score (nSPS) is 10.5. The lowest BCUT2D eigenvalue weighted by molar-refractivity contribution is 0.767. The van der Waals surface area contributed by atoms with Gasteiger partial charge in [0, 0.05) is 36.4 Å². The average Bonchev–Trinajstić information content (AvgIpc) is 2.83. The van der Waals surface area contributed by atoms with Gasteiger partial charge in [-0.2, -0.15) is 5.10 Å². The second-order valence-corrected chi connectivity index (χ2v) is 4.48. The van der Waals surface area contributed by atoms with Crippen molar-refractivity contribution < 1.29 is 0 Å². The summed E-state index contributed by atoms with van der Waals surface area (Å²) < 4.78 is 1.80. The summed E-state index contributed by atoms with van der Waals surface area (Å²) in [6.45, 7) is 2.92. The van der Waals surface area contributed by atoms with Crippen LogP contribution in [0, 0.1) is 0 Å². The molecule has 2 aromatic rings. The highest BCUT2D eigenvalue weighted by Crippen LogP contribution is 2.18. The van der Waals surface area contributed by atoms with Crippen molar-refractivity contribution in [3.05, 3.63) is 29.0 Å². The monoisotopic (exact) mass is 222 g/mol. The molecule has 1 N–H and O–H groups in total. The molecule has 0 unspecified atom stereocenters. The number of anilines is 1. The largest absolute Gasteiger partial charge is 0.357 e. The fraction of sp³-hybridized carbons (Fsp3) is 0.400. The van der Waals surface area contributed by atoms with Crippen LogP contribution in [0.3, 0.4) is 0 Å². The van der Waals surface area contributed by atoms with Crippen LogP contribution in [-0.4, -0.2) is 14.8 Å². The SMILES string of the molecule is CCc1cnc(NCc2cnn(C)c2)s1. The van der Waals surface area contributed by atoms with Crippen LogP contribution in [0.25, 0.3) is 0 Å². The zero-order chi connectivity index (χ0) is 10.7. The molecule has 0 aromatic carbocycles. The molecule has 0 aliphatic carbocycles. The van der Waals surface area contributed by atoms with Gasteiger partial charge in [-0.1, -0.05) is 6.92 Å². The number of aromatic nitrogens is 3. The van der Waals surface area contributed by atoms with Gasteiger partial charge in [-0.15, -0.1) is 11.3 Å². The van der Waals surface area contributed by atoms with Gasteiger partial charge in [0.15, 0.2) is 5.13 Å². The standard InChI is InChI=1S/C10H14N4S/c1-3-9-6-12-10(15-9)11-4-8-5-13-14(2)7-8/h5-7H,3-4H2,1-2H3,(H,11,12). The lowest BCUT2D eigenvalue weighted by Crippen LogP contribution is -1.97. The molecule has 15 heavy (non-hydrogen) atoms. The van der Waals surface area contributed by atoms with Gasteiger partial charge in [0.1, 0.15) is 0 Å². The fourth-order valence-corrected chi connectivity index (χ4v) is 2.04. The minimum absolute atomic E-state index is 0.782. The minimum atomic E-state index is 0.782. The third kappa shape index (κ3) is 2.56. The number of aryl methyl sites for hydroxylation is 2. The first-order valence-electron chi connectivity index (χ1n) is 4.94. The lowest BCUT2D eigenvalue weighted by Gasteiger charge is -1.98.